The van der Waals surface area contributed by atoms with E-state index in [4.69, 9.17) is 4.74 Å². The summed E-state index contributed by atoms with van der Waals surface area (Å²) < 4.78 is 45.2. The topological polar surface area (TPSA) is 76.7 Å². The number of benzene rings is 2. The second-order valence-electron chi connectivity index (χ2n) is 4.95. The minimum absolute atomic E-state index is 0.144. The predicted octanol–water partition coefficient (Wildman–Crippen LogP) is 4.41. The molecule has 0 radical (unpaired) electrons. The summed E-state index contributed by atoms with van der Waals surface area (Å²) in [4.78, 5) is 23.5. The van der Waals surface area contributed by atoms with Crippen molar-refractivity contribution in [3.63, 3.8) is 0 Å². The van der Waals surface area contributed by atoms with Gasteiger partial charge in [-0.15, -0.1) is 13.2 Å². The van der Waals surface area contributed by atoms with Crippen LogP contribution in [0.25, 0.3) is 0 Å². The fraction of sp³-hybridized carbons (Fsp3) is 0.176. The minimum atomic E-state index is -4.82. The van der Waals surface area contributed by atoms with Crippen molar-refractivity contribution >= 4 is 23.4 Å². The number of carbonyl (C=O) groups is 2. The van der Waals surface area contributed by atoms with Gasteiger partial charge >= 0.3 is 12.5 Å². The fourth-order valence-corrected chi connectivity index (χ4v) is 1.96. The molecule has 0 spiro atoms. The van der Waals surface area contributed by atoms with Gasteiger partial charge in [0.05, 0.1) is 6.61 Å². The molecule has 2 rings (SSSR count). The Labute approximate surface area is 146 Å². The van der Waals surface area contributed by atoms with Gasteiger partial charge in [-0.1, -0.05) is 6.07 Å². The average Bonchev–Trinajstić information content (AvgIpc) is 2.54. The zero-order valence-electron chi connectivity index (χ0n) is 13.6. The lowest BCUT2D eigenvalue weighted by Crippen LogP contribution is -2.17. The van der Waals surface area contributed by atoms with Crippen molar-refractivity contribution < 1.29 is 32.2 Å². The summed E-state index contributed by atoms with van der Waals surface area (Å²) in [6.07, 6.45) is -5.43. The third-order valence-corrected chi connectivity index (χ3v) is 2.99. The molecular formula is C17H15F3N2O4. The number of hydrogen-bond acceptors (Lipinski definition) is 4. The Morgan fingerprint density at radius 3 is 2.31 bits per heavy atom. The first-order valence-corrected chi connectivity index (χ1v) is 7.48. The van der Waals surface area contributed by atoms with Crippen molar-refractivity contribution in [1.82, 2.24) is 0 Å². The van der Waals surface area contributed by atoms with E-state index in [9.17, 15) is 22.8 Å². The number of carbonyl (C=O) groups excluding carboxylic acids is 2. The molecule has 0 aliphatic rings. The molecule has 2 aromatic rings. The maximum atomic E-state index is 12.2. The molecule has 0 aliphatic heterocycles. The van der Waals surface area contributed by atoms with E-state index in [-0.39, 0.29) is 17.9 Å². The highest BCUT2D eigenvalue weighted by Crippen LogP contribution is 2.25. The number of amides is 2. The van der Waals surface area contributed by atoms with Crippen LogP contribution in [0.3, 0.4) is 0 Å². The molecule has 0 unspecified atom stereocenters. The van der Waals surface area contributed by atoms with Crippen LogP contribution in [0.15, 0.2) is 48.5 Å². The zero-order chi connectivity index (χ0) is 19.2. The number of halogens is 3. The van der Waals surface area contributed by atoms with E-state index >= 15 is 0 Å². The van der Waals surface area contributed by atoms with Gasteiger partial charge in [-0.05, 0) is 43.3 Å². The number of hydrogen-bond donors (Lipinski definition) is 2. The van der Waals surface area contributed by atoms with E-state index in [1.165, 1.54) is 36.4 Å². The molecule has 2 N–H and O–H groups in total. The van der Waals surface area contributed by atoms with Crippen molar-refractivity contribution in [1.29, 1.82) is 0 Å². The molecule has 9 heteroatoms. The molecule has 0 saturated carbocycles. The normalized spacial score (nSPS) is 10.8. The van der Waals surface area contributed by atoms with Crippen LogP contribution in [0, 0.1) is 0 Å². The Bertz CT molecular complexity index is 776. The van der Waals surface area contributed by atoms with Gasteiger partial charge in [0.2, 0.25) is 0 Å². The van der Waals surface area contributed by atoms with Crippen LogP contribution in [0.5, 0.6) is 5.75 Å². The Morgan fingerprint density at radius 1 is 1.00 bits per heavy atom. The summed E-state index contributed by atoms with van der Waals surface area (Å²) in [7, 11) is 0. The highest BCUT2D eigenvalue weighted by Gasteiger charge is 2.31. The van der Waals surface area contributed by atoms with Gasteiger partial charge in [0.1, 0.15) is 5.75 Å². The van der Waals surface area contributed by atoms with Crippen LogP contribution < -0.4 is 15.4 Å². The molecule has 0 saturated heterocycles. The molecule has 6 nitrogen and oxygen atoms in total. The lowest BCUT2D eigenvalue weighted by Gasteiger charge is -2.11. The summed E-state index contributed by atoms with van der Waals surface area (Å²) in [5.74, 6) is -0.971. The number of rotatable bonds is 5. The first-order chi connectivity index (χ1) is 12.3. The Kier molecular flexibility index (Phi) is 6.05. The van der Waals surface area contributed by atoms with Gasteiger partial charge in [0.15, 0.2) is 0 Å². The van der Waals surface area contributed by atoms with Gasteiger partial charge in [0.25, 0.3) is 5.91 Å². The van der Waals surface area contributed by atoms with E-state index in [1.807, 2.05) is 0 Å². The number of anilines is 2. The van der Waals surface area contributed by atoms with Crippen LogP contribution in [0.2, 0.25) is 0 Å². The minimum Gasteiger partial charge on any atom is -0.450 e. The summed E-state index contributed by atoms with van der Waals surface area (Å²) in [5.41, 5.74) is 0.826. The van der Waals surface area contributed by atoms with Gasteiger partial charge in [-0.3, -0.25) is 10.1 Å². The van der Waals surface area contributed by atoms with E-state index < -0.39 is 24.1 Å². The summed E-state index contributed by atoms with van der Waals surface area (Å²) in [6.45, 7) is 1.89. The first-order valence-electron chi connectivity index (χ1n) is 7.48. The number of ether oxygens (including phenoxy) is 2. The highest BCUT2D eigenvalue weighted by atomic mass is 19.4. The smallest absolute Gasteiger partial charge is 0.450 e. The van der Waals surface area contributed by atoms with Crippen LogP contribution in [-0.2, 0) is 4.74 Å². The second kappa shape index (κ2) is 8.24. The summed E-state index contributed by atoms with van der Waals surface area (Å²) >= 11 is 0. The van der Waals surface area contributed by atoms with Crippen LogP contribution >= 0.6 is 0 Å². The van der Waals surface area contributed by atoms with Crippen molar-refractivity contribution in [2.24, 2.45) is 0 Å². The van der Waals surface area contributed by atoms with E-state index in [0.717, 1.165) is 12.1 Å². The third kappa shape index (κ3) is 6.00. The Balaban J connectivity index is 2.01. The largest absolute Gasteiger partial charge is 0.573 e. The standard InChI is InChI=1S/C17H15F3N2O4/c1-2-25-16(24)22-12-8-6-11(7-9-12)15(23)21-13-4-3-5-14(10-13)26-17(18,19)20/h3-10H,2H2,1H3,(H,21,23)(H,22,24). The maximum Gasteiger partial charge on any atom is 0.573 e. The SMILES string of the molecule is CCOC(=O)Nc1ccc(C(=O)Nc2cccc(OC(F)(F)F)c2)cc1. The van der Waals surface area contributed by atoms with Crippen molar-refractivity contribution in [2.45, 2.75) is 13.3 Å². The molecule has 2 amide bonds. The van der Waals surface area contributed by atoms with Crippen molar-refractivity contribution in [3.05, 3.63) is 54.1 Å². The lowest BCUT2D eigenvalue weighted by atomic mass is 10.2. The summed E-state index contributed by atoms with van der Waals surface area (Å²) in [5, 5.41) is 4.94. The van der Waals surface area contributed by atoms with Gasteiger partial charge in [-0.2, -0.15) is 0 Å². The molecule has 0 fully saturated rings. The first kappa shape index (κ1) is 19.1. The van der Waals surface area contributed by atoms with Crippen molar-refractivity contribution in [2.75, 3.05) is 17.2 Å². The molecule has 0 heterocycles. The summed E-state index contributed by atoms with van der Waals surface area (Å²) in [6, 6.07) is 10.8. The second-order valence-corrected chi connectivity index (χ2v) is 4.95. The van der Waals surface area contributed by atoms with Gasteiger partial charge in [-0.25, -0.2) is 4.79 Å². The molecule has 0 aliphatic carbocycles. The van der Waals surface area contributed by atoms with E-state index in [1.54, 1.807) is 6.92 Å². The van der Waals surface area contributed by atoms with Gasteiger partial charge in [0, 0.05) is 23.0 Å². The molecular weight excluding hydrogens is 353 g/mol. The fourth-order valence-electron chi connectivity index (χ4n) is 1.96. The van der Waals surface area contributed by atoms with E-state index in [0.29, 0.717) is 5.69 Å². The number of alkyl halides is 3. The molecule has 0 aromatic heterocycles. The average molecular weight is 368 g/mol. The molecule has 0 atom stereocenters. The molecule has 0 bridgehead atoms. The zero-order valence-corrected chi connectivity index (χ0v) is 13.6. The van der Waals surface area contributed by atoms with Crippen LogP contribution in [0.1, 0.15) is 17.3 Å². The van der Waals surface area contributed by atoms with Crippen LogP contribution in [0.4, 0.5) is 29.3 Å². The predicted molar refractivity (Wildman–Crippen MR) is 88.2 cm³/mol. The highest BCUT2D eigenvalue weighted by molar-refractivity contribution is 6.04. The van der Waals surface area contributed by atoms with Crippen LogP contribution in [-0.4, -0.2) is 25.0 Å². The quantitative estimate of drug-likeness (QED) is 0.820. The molecule has 2 aromatic carbocycles. The molecule has 26 heavy (non-hydrogen) atoms. The Morgan fingerprint density at radius 2 is 1.69 bits per heavy atom. The van der Waals surface area contributed by atoms with Crippen molar-refractivity contribution in [3.8, 4) is 5.75 Å². The van der Waals surface area contributed by atoms with E-state index in [2.05, 4.69) is 15.4 Å². The number of nitrogens with one attached hydrogen (secondary N) is 2. The monoisotopic (exact) mass is 368 g/mol. The third-order valence-electron chi connectivity index (χ3n) is 2.99. The Hall–Kier alpha value is -3.23. The maximum absolute atomic E-state index is 12.2. The van der Waals surface area contributed by atoms with Gasteiger partial charge < -0.3 is 14.8 Å². The molecule has 138 valence electrons. The lowest BCUT2D eigenvalue weighted by molar-refractivity contribution is -0.274.